The average molecular weight is 360 g/mol. The lowest BCUT2D eigenvalue weighted by Crippen LogP contribution is -2.35. The summed E-state index contributed by atoms with van der Waals surface area (Å²) in [7, 11) is 0. The molecule has 25 heavy (non-hydrogen) atoms. The number of nitrogens with zero attached hydrogens (tertiary/aromatic N) is 3. The zero-order valence-corrected chi connectivity index (χ0v) is 14.9. The number of hydrogen-bond acceptors (Lipinski definition) is 5. The maximum Gasteiger partial charge on any atom is 0.234 e. The molecule has 1 atom stereocenters. The molecule has 1 aromatic carbocycles. The molecule has 0 bridgehead atoms. The summed E-state index contributed by atoms with van der Waals surface area (Å²) < 4.78 is 12.9. The van der Waals surface area contributed by atoms with E-state index in [2.05, 4.69) is 27.1 Å². The van der Waals surface area contributed by atoms with Gasteiger partial charge in [0.25, 0.3) is 0 Å². The predicted molar refractivity (Wildman–Crippen MR) is 98.4 cm³/mol. The van der Waals surface area contributed by atoms with Gasteiger partial charge < -0.3 is 10.2 Å². The molecule has 1 amide bonds. The fourth-order valence-corrected chi connectivity index (χ4v) is 3.67. The Morgan fingerprint density at radius 3 is 2.84 bits per heavy atom. The molecule has 1 saturated heterocycles. The second-order valence-corrected chi connectivity index (χ2v) is 7.19. The molecule has 132 valence electrons. The predicted octanol–water partition coefficient (Wildman–Crippen LogP) is 3.58. The van der Waals surface area contributed by atoms with Crippen molar-refractivity contribution in [2.75, 3.05) is 29.1 Å². The highest BCUT2D eigenvalue weighted by Crippen LogP contribution is 2.29. The summed E-state index contributed by atoms with van der Waals surface area (Å²) in [4.78, 5) is 23.3. The van der Waals surface area contributed by atoms with E-state index in [0.29, 0.717) is 11.6 Å². The summed E-state index contributed by atoms with van der Waals surface area (Å²) in [6, 6.07) is 5.73. The van der Waals surface area contributed by atoms with E-state index < -0.39 is 0 Å². The molecule has 2 heterocycles. The van der Waals surface area contributed by atoms with Crippen molar-refractivity contribution in [3.63, 3.8) is 0 Å². The van der Waals surface area contributed by atoms with Crippen molar-refractivity contribution in [2.24, 2.45) is 5.92 Å². The molecule has 7 heteroatoms. The minimum atomic E-state index is -0.327. The highest BCUT2D eigenvalue weighted by molar-refractivity contribution is 8.00. The van der Waals surface area contributed by atoms with Crippen LogP contribution in [0.2, 0.25) is 0 Å². The topological polar surface area (TPSA) is 58.1 Å². The molecule has 3 rings (SSSR count). The lowest BCUT2D eigenvalue weighted by molar-refractivity contribution is -0.113. The van der Waals surface area contributed by atoms with E-state index >= 15 is 0 Å². The van der Waals surface area contributed by atoms with Crippen LogP contribution in [0.15, 0.2) is 41.7 Å². The molecule has 1 fully saturated rings. The van der Waals surface area contributed by atoms with E-state index in [1.807, 2.05) is 0 Å². The molecule has 5 nitrogen and oxygen atoms in total. The normalized spacial score (nSPS) is 17.4. The highest BCUT2D eigenvalue weighted by Gasteiger charge is 2.21. The number of aromatic nitrogens is 2. The standard InChI is InChI=1S/C18H21FN4OS/c1-13-3-2-10-23(11-13)17-18(21-9-8-20-17)25-12-16(24)22-15-6-4-14(19)5-7-15/h4-9,13H,2-3,10-12H2,1H3,(H,22,24)/t13-/m0/s1. The third-order valence-electron chi connectivity index (χ3n) is 4.07. The summed E-state index contributed by atoms with van der Waals surface area (Å²) in [6.45, 7) is 4.18. The molecule has 0 saturated carbocycles. The Labute approximate surface area is 151 Å². The van der Waals surface area contributed by atoms with Gasteiger partial charge in [-0.2, -0.15) is 0 Å². The van der Waals surface area contributed by atoms with Crippen LogP contribution >= 0.6 is 11.8 Å². The molecular weight excluding hydrogens is 339 g/mol. The van der Waals surface area contributed by atoms with Gasteiger partial charge in [-0.1, -0.05) is 18.7 Å². The van der Waals surface area contributed by atoms with Crippen LogP contribution in [0.4, 0.5) is 15.9 Å². The number of nitrogens with one attached hydrogen (secondary N) is 1. The molecule has 1 N–H and O–H groups in total. The molecule has 0 aliphatic carbocycles. The fourth-order valence-electron chi connectivity index (χ4n) is 2.88. The van der Waals surface area contributed by atoms with Crippen LogP contribution in [0.1, 0.15) is 19.8 Å². The summed E-state index contributed by atoms with van der Waals surface area (Å²) in [5.74, 6) is 1.24. The molecule has 1 aliphatic rings. The Morgan fingerprint density at radius 1 is 1.32 bits per heavy atom. The van der Waals surface area contributed by atoms with Crippen LogP contribution in [0.5, 0.6) is 0 Å². The van der Waals surface area contributed by atoms with Crippen LogP contribution in [0, 0.1) is 11.7 Å². The Hall–Kier alpha value is -2.15. The number of carbonyl (C=O) groups excluding carboxylic acids is 1. The number of carbonyl (C=O) groups is 1. The van der Waals surface area contributed by atoms with Gasteiger partial charge in [0.05, 0.1) is 5.75 Å². The van der Waals surface area contributed by atoms with Crippen LogP contribution in [0.25, 0.3) is 0 Å². The number of amides is 1. The van der Waals surface area contributed by atoms with Crippen LogP contribution in [0.3, 0.4) is 0 Å². The van der Waals surface area contributed by atoms with Crippen molar-refractivity contribution in [3.05, 3.63) is 42.5 Å². The fraction of sp³-hybridized carbons (Fsp3) is 0.389. The zero-order valence-electron chi connectivity index (χ0n) is 14.1. The number of thioether (sulfide) groups is 1. The third-order valence-corrected chi connectivity index (χ3v) is 5.04. The Balaban J connectivity index is 1.61. The first-order chi connectivity index (χ1) is 12.1. The Bertz CT molecular complexity index is 725. The average Bonchev–Trinajstić information content (AvgIpc) is 2.62. The number of anilines is 2. The highest BCUT2D eigenvalue weighted by atomic mass is 32.2. The second-order valence-electron chi connectivity index (χ2n) is 6.22. The maximum atomic E-state index is 12.9. The first-order valence-electron chi connectivity index (χ1n) is 8.36. The second kappa shape index (κ2) is 8.29. The van der Waals surface area contributed by atoms with Crippen LogP contribution in [-0.2, 0) is 4.79 Å². The van der Waals surface area contributed by atoms with Crippen LogP contribution < -0.4 is 10.2 Å². The van der Waals surface area contributed by atoms with Crippen molar-refractivity contribution in [1.82, 2.24) is 9.97 Å². The lowest BCUT2D eigenvalue weighted by atomic mass is 10.0. The Morgan fingerprint density at radius 2 is 2.08 bits per heavy atom. The summed E-state index contributed by atoms with van der Waals surface area (Å²) in [5.41, 5.74) is 0.580. The lowest BCUT2D eigenvalue weighted by Gasteiger charge is -2.32. The van der Waals surface area contributed by atoms with Gasteiger partial charge in [0.15, 0.2) is 5.82 Å². The number of halogens is 1. The number of rotatable bonds is 5. The Kier molecular flexibility index (Phi) is 5.86. The maximum absolute atomic E-state index is 12.9. The molecule has 0 radical (unpaired) electrons. The third kappa shape index (κ3) is 4.92. The molecule has 0 spiro atoms. The monoisotopic (exact) mass is 360 g/mol. The van der Waals surface area contributed by atoms with Crippen molar-refractivity contribution < 1.29 is 9.18 Å². The first-order valence-corrected chi connectivity index (χ1v) is 9.34. The van der Waals surface area contributed by atoms with Gasteiger partial charge in [0, 0.05) is 31.2 Å². The molecule has 1 aromatic heterocycles. The van der Waals surface area contributed by atoms with Gasteiger partial charge in [-0.3, -0.25) is 4.79 Å². The van der Waals surface area contributed by atoms with Gasteiger partial charge in [0.1, 0.15) is 10.8 Å². The van der Waals surface area contributed by atoms with Crippen molar-refractivity contribution in [2.45, 2.75) is 24.8 Å². The first kappa shape index (κ1) is 17.7. The molecule has 0 unspecified atom stereocenters. The smallest absolute Gasteiger partial charge is 0.234 e. The minimum absolute atomic E-state index is 0.153. The van der Waals surface area contributed by atoms with Gasteiger partial charge in [0.2, 0.25) is 5.91 Å². The molecule has 2 aromatic rings. The van der Waals surface area contributed by atoms with Gasteiger partial charge in [-0.05, 0) is 43.0 Å². The summed E-state index contributed by atoms with van der Waals surface area (Å²) in [6.07, 6.45) is 5.72. The van der Waals surface area contributed by atoms with E-state index in [0.717, 1.165) is 30.4 Å². The minimum Gasteiger partial charge on any atom is -0.354 e. The van der Waals surface area contributed by atoms with E-state index in [9.17, 15) is 9.18 Å². The van der Waals surface area contributed by atoms with Crippen LogP contribution in [-0.4, -0.2) is 34.7 Å². The largest absolute Gasteiger partial charge is 0.354 e. The number of benzene rings is 1. The van der Waals surface area contributed by atoms with Crippen molar-refractivity contribution in [3.8, 4) is 0 Å². The van der Waals surface area contributed by atoms with Gasteiger partial charge in [-0.15, -0.1) is 0 Å². The summed E-state index contributed by atoms with van der Waals surface area (Å²) in [5, 5.41) is 3.53. The van der Waals surface area contributed by atoms with E-state index in [1.165, 1.54) is 30.3 Å². The van der Waals surface area contributed by atoms with Gasteiger partial charge >= 0.3 is 0 Å². The van der Waals surface area contributed by atoms with E-state index in [4.69, 9.17) is 0 Å². The van der Waals surface area contributed by atoms with E-state index in [1.54, 1.807) is 24.5 Å². The molecule has 1 aliphatic heterocycles. The number of hydrogen-bond donors (Lipinski definition) is 1. The van der Waals surface area contributed by atoms with Crippen molar-refractivity contribution >= 4 is 29.2 Å². The van der Waals surface area contributed by atoms with E-state index in [-0.39, 0.29) is 17.5 Å². The van der Waals surface area contributed by atoms with Gasteiger partial charge in [-0.25, -0.2) is 14.4 Å². The quantitative estimate of drug-likeness (QED) is 0.826. The summed E-state index contributed by atoms with van der Waals surface area (Å²) >= 11 is 1.37. The molecular formula is C18H21FN4OS. The number of piperidine rings is 1. The zero-order chi connectivity index (χ0) is 17.6. The SMILES string of the molecule is C[C@H]1CCCN(c2nccnc2SCC(=O)Nc2ccc(F)cc2)C1. The van der Waals surface area contributed by atoms with Crippen molar-refractivity contribution in [1.29, 1.82) is 0 Å².